The lowest BCUT2D eigenvalue weighted by Crippen LogP contribution is -1.99. The van der Waals surface area contributed by atoms with Gasteiger partial charge in [0.05, 0.1) is 0 Å². The Morgan fingerprint density at radius 2 is 1.67 bits per heavy atom. The standard InChI is InChI=1S/C9H8N2O/c1-6(12)7-2-4-8(5-3-7)9(10)11/h2-5,10H,1H3. The number of rotatable bonds is 2. The molecule has 0 aliphatic rings. The lowest BCUT2D eigenvalue weighted by molar-refractivity contribution is 0.101. The summed E-state index contributed by atoms with van der Waals surface area (Å²) < 4.78 is 0. The molecular weight excluding hydrogens is 152 g/mol. The first kappa shape index (κ1) is 8.46. The predicted molar refractivity (Wildman–Crippen MR) is 45.4 cm³/mol. The van der Waals surface area contributed by atoms with E-state index in [1.54, 1.807) is 24.3 Å². The van der Waals surface area contributed by atoms with Gasteiger partial charge in [-0.3, -0.25) is 10.2 Å². The minimum atomic E-state index is -0.481. The van der Waals surface area contributed by atoms with Crippen LogP contribution in [0.1, 0.15) is 22.8 Å². The molecule has 1 rings (SSSR count). The van der Waals surface area contributed by atoms with Gasteiger partial charge in [0, 0.05) is 11.1 Å². The number of benzene rings is 1. The smallest absolute Gasteiger partial charge is 0.174 e. The molecule has 0 heterocycles. The second-order valence-corrected chi connectivity index (χ2v) is 2.48. The van der Waals surface area contributed by atoms with E-state index < -0.39 is 5.84 Å². The molecule has 0 saturated heterocycles. The molecule has 0 saturated carbocycles. The first-order chi connectivity index (χ1) is 5.61. The van der Waals surface area contributed by atoms with Crippen molar-refractivity contribution in [3.05, 3.63) is 35.4 Å². The van der Waals surface area contributed by atoms with Gasteiger partial charge in [0.1, 0.15) is 0 Å². The maximum absolute atomic E-state index is 10.8. The van der Waals surface area contributed by atoms with Gasteiger partial charge in [-0.15, -0.1) is 5.73 Å². The molecule has 0 aliphatic carbocycles. The monoisotopic (exact) mass is 160 g/mol. The highest BCUT2D eigenvalue weighted by Gasteiger charge is 2.00. The van der Waals surface area contributed by atoms with Crippen molar-refractivity contribution in [2.45, 2.75) is 6.92 Å². The number of Topliss-reactive ketones (excluding diaryl/α,β-unsaturated/α-hetero) is 1. The molecule has 0 bridgehead atoms. The third-order valence-electron chi connectivity index (χ3n) is 1.56. The van der Waals surface area contributed by atoms with Crippen molar-refractivity contribution in [2.75, 3.05) is 0 Å². The fraction of sp³-hybridized carbons (Fsp3) is 0.111. The lowest BCUT2D eigenvalue weighted by Gasteiger charge is -1.96. The van der Waals surface area contributed by atoms with Crippen molar-refractivity contribution in [1.29, 1.82) is 5.41 Å². The van der Waals surface area contributed by atoms with Gasteiger partial charge < -0.3 is 0 Å². The Bertz CT molecular complexity index is 281. The van der Waals surface area contributed by atoms with Crippen molar-refractivity contribution >= 4 is 11.6 Å². The summed E-state index contributed by atoms with van der Waals surface area (Å²) in [6.07, 6.45) is 0. The molecule has 60 valence electrons. The molecule has 3 heteroatoms. The third-order valence-corrected chi connectivity index (χ3v) is 1.56. The Morgan fingerprint density at radius 1 is 1.25 bits per heavy atom. The lowest BCUT2D eigenvalue weighted by atomic mass is 10.1. The second-order valence-electron chi connectivity index (χ2n) is 2.48. The number of amidine groups is 1. The highest BCUT2D eigenvalue weighted by atomic mass is 16.1. The maximum atomic E-state index is 10.8. The second kappa shape index (κ2) is 3.17. The number of carbonyl (C=O) groups excluding carboxylic acids is 1. The molecule has 1 N–H and O–H groups in total. The van der Waals surface area contributed by atoms with E-state index >= 15 is 0 Å². The Balaban J connectivity index is 3.01. The fourth-order valence-corrected chi connectivity index (χ4v) is 0.863. The Morgan fingerprint density at radius 3 is 2.00 bits per heavy atom. The SMILES string of the molecule is CC(=O)c1ccc(C([N])=N)cc1. The largest absolute Gasteiger partial charge is 0.295 e. The molecule has 3 nitrogen and oxygen atoms in total. The van der Waals surface area contributed by atoms with Crippen LogP contribution in [0.2, 0.25) is 0 Å². The first-order valence-electron chi connectivity index (χ1n) is 3.50. The van der Waals surface area contributed by atoms with E-state index in [0.29, 0.717) is 11.1 Å². The molecular formula is C9H8N2O. The Hall–Kier alpha value is -1.64. The zero-order valence-corrected chi connectivity index (χ0v) is 6.66. The van der Waals surface area contributed by atoms with Gasteiger partial charge in [0.25, 0.3) is 0 Å². The summed E-state index contributed by atoms with van der Waals surface area (Å²) in [5.41, 5.74) is 9.75. The van der Waals surface area contributed by atoms with Gasteiger partial charge in [0.15, 0.2) is 11.6 Å². The molecule has 1 aromatic carbocycles. The third kappa shape index (κ3) is 1.69. The van der Waals surface area contributed by atoms with Gasteiger partial charge in [-0.2, -0.15) is 0 Å². The maximum Gasteiger partial charge on any atom is 0.174 e. The predicted octanol–water partition coefficient (Wildman–Crippen LogP) is 1.28. The van der Waals surface area contributed by atoms with E-state index in [4.69, 9.17) is 11.1 Å². The van der Waals surface area contributed by atoms with E-state index in [0.717, 1.165) is 0 Å². The van der Waals surface area contributed by atoms with Gasteiger partial charge in [-0.1, -0.05) is 24.3 Å². The minimum Gasteiger partial charge on any atom is -0.295 e. The molecule has 1 aromatic rings. The highest BCUT2D eigenvalue weighted by molar-refractivity contribution is 5.97. The van der Waals surface area contributed by atoms with Crippen molar-refractivity contribution < 1.29 is 4.79 Å². The summed E-state index contributed by atoms with van der Waals surface area (Å²) in [5, 5.41) is 6.88. The van der Waals surface area contributed by atoms with Crippen LogP contribution >= 0.6 is 0 Å². The summed E-state index contributed by atoms with van der Waals surface area (Å²) in [7, 11) is 0. The van der Waals surface area contributed by atoms with E-state index in [9.17, 15) is 4.79 Å². The summed E-state index contributed by atoms with van der Waals surface area (Å²) >= 11 is 0. The van der Waals surface area contributed by atoms with E-state index in [1.807, 2.05) is 0 Å². The minimum absolute atomic E-state index is 0.0222. The average Bonchev–Trinajstić information content (AvgIpc) is 2.04. The van der Waals surface area contributed by atoms with Gasteiger partial charge in [-0.05, 0) is 6.92 Å². The number of carbonyl (C=O) groups is 1. The number of hydrogen-bond acceptors (Lipinski definition) is 2. The average molecular weight is 160 g/mol. The molecule has 2 radical (unpaired) electrons. The fourth-order valence-electron chi connectivity index (χ4n) is 0.863. The van der Waals surface area contributed by atoms with Crippen LogP contribution in [0.4, 0.5) is 0 Å². The number of hydrogen-bond donors (Lipinski definition) is 1. The summed E-state index contributed by atoms with van der Waals surface area (Å²) in [4.78, 5) is 10.8. The van der Waals surface area contributed by atoms with Crippen molar-refractivity contribution in [3.63, 3.8) is 0 Å². The van der Waals surface area contributed by atoms with Crippen LogP contribution in [-0.4, -0.2) is 11.6 Å². The normalized spacial score (nSPS) is 9.42. The molecule has 0 aromatic heterocycles. The van der Waals surface area contributed by atoms with Crippen LogP contribution in [0.15, 0.2) is 24.3 Å². The van der Waals surface area contributed by atoms with Crippen LogP contribution in [0.25, 0.3) is 0 Å². The first-order valence-corrected chi connectivity index (χ1v) is 3.50. The molecule has 0 amide bonds. The zero-order valence-electron chi connectivity index (χ0n) is 6.66. The number of nitrogens with one attached hydrogen (secondary N) is 1. The number of ketones is 1. The van der Waals surface area contributed by atoms with Crippen LogP contribution in [-0.2, 0) is 0 Å². The molecule has 0 fully saturated rings. The van der Waals surface area contributed by atoms with Crippen molar-refractivity contribution in [2.24, 2.45) is 0 Å². The Labute approximate surface area is 70.7 Å². The summed E-state index contributed by atoms with van der Waals surface area (Å²) in [6.45, 7) is 1.47. The summed E-state index contributed by atoms with van der Waals surface area (Å²) in [6, 6.07) is 6.25. The van der Waals surface area contributed by atoms with E-state index in [1.165, 1.54) is 6.92 Å². The van der Waals surface area contributed by atoms with Crippen LogP contribution in [0, 0.1) is 5.41 Å². The molecule has 0 aliphatic heterocycles. The Kier molecular flexibility index (Phi) is 2.24. The highest BCUT2D eigenvalue weighted by Crippen LogP contribution is 2.04. The van der Waals surface area contributed by atoms with Gasteiger partial charge in [0.2, 0.25) is 0 Å². The number of nitrogens with zero attached hydrogens (tertiary/aromatic N) is 1. The molecule has 0 spiro atoms. The van der Waals surface area contributed by atoms with E-state index in [2.05, 4.69) is 0 Å². The van der Waals surface area contributed by atoms with Crippen LogP contribution in [0.3, 0.4) is 0 Å². The van der Waals surface area contributed by atoms with E-state index in [-0.39, 0.29) is 5.78 Å². The molecule has 12 heavy (non-hydrogen) atoms. The van der Waals surface area contributed by atoms with Crippen molar-refractivity contribution in [3.8, 4) is 0 Å². The van der Waals surface area contributed by atoms with Crippen LogP contribution in [0.5, 0.6) is 0 Å². The van der Waals surface area contributed by atoms with Gasteiger partial charge >= 0.3 is 0 Å². The quantitative estimate of drug-likeness (QED) is 0.395. The van der Waals surface area contributed by atoms with Crippen molar-refractivity contribution in [1.82, 2.24) is 5.73 Å². The van der Waals surface area contributed by atoms with Gasteiger partial charge in [-0.25, -0.2) is 0 Å². The van der Waals surface area contributed by atoms with Crippen LogP contribution < -0.4 is 5.73 Å². The topological polar surface area (TPSA) is 63.2 Å². The summed E-state index contributed by atoms with van der Waals surface area (Å²) in [5.74, 6) is -0.504. The zero-order chi connectivity index (χ0) is 9.14. The molecule has 0 unspecified atom stereocenters. The molecule has 0 atom stereocenters.